The molecule has 0 amide bonds. The van der Waals surface area contributed by atoms with Crippen LogP contribution in [0.5, 0.6) is 0 Å². The van der Waals surface area contributed by atoms with E-state index in [0.29, 0.717) is 5.92 Å². The van der Waals surface area contributed by atoms with Gasteiger partial charge in [0.05, 0.1) is 5.41 Å². The SMILES string of the molecule is CCC1CCCC1N1CCCC(C(C)(C)C(=O)O)C1. The lowest BCUT2D eigenvalue weighted by Crippen LogP contribution is -2.49. The van der Waals surface area contributed by atoms with Crippen molar-refractivity contribution in [3.8, 4) is 0 Å². The number of piperidine rings is 1. The molecule has 3 nitrogen and oxygen atoms in total. The summed E-state index contributed by atoms with van der Waals surface area (Å²) in [6.45, 7) is 8.25. The zero-order valence-corrected chi connectivity index (χ0v) is 12.7. The standard InChI is InChI=1S/C16H29NO2/c1-4-12-7-5-9-14(12)17-10-6-8-13(11-17)16(2,3)15(18)19/h12-14H,4-11H2,1-3H3,(H,18,19). The van der Waals surface area contributed by atoms with E-state index in [1.165, 1.54) is 32.2 Å². The van der Waals surface area contributed by atoms with E-state index in [-0.39, 0.29) is 0 Å². The van der Waals surface area contributed by atoms with Crippen LogP contribution in [-0.2, 0) is 4.79 Å². The van der Waals surface area contributed by atoms with Crippen LogP contribution in [0.4, 0.5) is 0 Å². The van der Waals surface area contributed by atoms with Crippen molar-refractivity contribution in [1.29, 1.82) is 0 Å². The van der Waals surface area contributed by atoms with Gasteiger partial charge in [0, 0.05) is 12.6 Å². The van der Waals surface area contributed by atoms with Crippen LogP contribution in [0.1, 0.15) is 59.3 Å². The fourth-order valence-corrected chi connectivity index (χ4v) is 4.05. The van der Waals surface area contributed by atoms with Crippen LogP contribution in [0.3, 0.4) is 0 Å². The van der Waals surface area contributed by atoms with E-state index in [1.807, 2.05) is 13.8 Å². The Balaban J connectivity index is 2.03. The summed E-state index contributed by atoms with van der Waals surface area (Å²) in [4.78, 5) is 14.1. The highest BCUT2D eigenvalue weighted by atomic mass is 16.4. The van der Waals surface area contributed by atoms with Crippen LogP contribution in [0.15, 0.2) is 0 Å². The third-order valence-electron chi connectivity index (χ3n) is 5.64. The molecule has 1 saturated heterocycles. The highest BCUT2D eigenvalue weighted by Crippen LogP contribution is 2.39. The van der Waals surface area contributed by atoms with Gasteiger partial charge < -0.3 is 5.11 Å². The van der Waals surface area contributed by atoms with Gasteiger partial charge in [-0.2, -0.15) is 0 Å². The number of hydrogen-bond donors (Lipinski definition) is 1. The predicted molar refractivity (Wildman–Crippen MR) is 77.1 cm³/mol. The van der Waals surface area contributed by atoms with Crippen molar-refractivity contribution in [3.63, 3.8) is 0 Å². The van der Waals surface area contributed by atoms with E-state index in [4.69, 9.17) is 0 Å². The molecule has 0 aromatic rings. The molecule has 3 atom stereocenters. The average Bonchev–Trinajstić information content (AvgIpc) is 2.87. The van der Waals surface area contributed by atoms with Crippen LogP contribution in [0.2, 0.25) is 0 Å². The van der Waals surface area contributed by atoms with Gasteiger partial charge in [0.2, 0.25) is 0 Å². The van der Waals surface area contributed by atoms with Crippen LogP contribution in [0, 0.1) is 17.3 Å². The summed E-state index contributed by atoms with van der Waals surface area (Å²) in [5.41, 5.74) is -0.584. The molecule has 3 heteroatoms. The van der Waals surface area contributed by atoms with Crippen LogP contribution < -0.4 is 0 Å². The Morgan fingerprint density at radius 1 is 1.26 bits per heavy atom. The minimum Gasteiger partial charge on any atom is -0.481 e. The minimum absolute atomic E-state index is 0.303. The number of rotatable bonds is 4. The van der Waals surface area contributed by atoms with Crippen molar-refractivity contribution in [2.24, 2.45) is 17.3 Å². The quantitative estimate of drug-likeness (QED) is 0.849. The fourth-order valence-electron chi connectivity index (χ4n) is 4.05. The normalized spacial score (nSPS) is 33.5. The molecule has 0 aromatic carbocycles. The summed E-state index contributed by atoms with van der Waals surface area (Å²) in [7, 11) is 0. The van der Waals surface area contributed by atoms with Crippen molar-refractivity contribution in [1.82, 2.24) is 4.90 Å². The first-order valence-electron chi connectivity index (χ1n) is 7.94. The van der Waals surface area contributed by atoms with Gasteiger partial charge >= 0.3 is 5.97 Å². The lowest BCUT2D eigenvalue weighted by atomic mass is 9.74. The van der Waals surface area contributed by atoms with Gasteiger partial charge in [-0.1, -0.05) is 19.8 Å². The Labute approximate surface area is 117 Å². The van der Waals surface area contributed by atoms with Gasteiger partial charge in [-0.15, -0.1) is 0 Å². The average molecular weight is 267 g/mol. The molecule has 2 aliphatic rings. The smallest absolute Gasteiger partial charge is 0.309 e. The van der Waals surface area contributed by atoms with E-state index in [2.05, 4.69) is 11.8 Å². The molecule has 2 rings (SSSR count). The molecule has 1 heterocycles. The second kappa shape index (κ2) is 5.82. The van der Waals surface area contributed by atoms with Crippen LogP contribution >= 0.6 is 0 Å². The first-order chi connectivity index (χ1) is 8.96. The van der Waals surface area contributed by atoms with Crippen LogP contribution in [-0.4, -0.2) is 35.1 Å². The highest BCUT2D eigenvalue weighted by molar-refractivity contribution is 5.74. The Hall–Kier alpha value is -0.570. The molecule has 110 valence electrons. The van der Waals surface area contributed by atoms with Gasteiger partial charge in [0.1, 0.15) is 0 Å². The Bertz CT molecular complexity index is 327. The molecule has 0 radical (unpaired) electrons. The predicted octanol–water partition coefficient (Wildman–Crippen LogP) is 3.39. The molecule has 2 fully saturated rings. The van der Waals surface area contributed by atoms with Gasteiger partial charge in [0.25, 0.3) is 0 Å². The number of hydrogen-bond acceptors (Lipinski definition) is 2. The first kappa shape index (κ1) is 14.8. The molecule has 0 aromatic heterocycles. The molecule has 3 unspecified atom stereocenters. The maximum Gasteiger partial charge on any atom is 0.309 e. The van der Waals surface area contributed by atoms with Gasteiger partial charge in [0.15, 0.2) is 0 Å². The molecular formula is C16H29NO2. The summed E-state index contributed by atoms with van der Waals surface area (Å²) in [6.07, 6.45) is 7.54. The molecule has 1 N–H and O–H groups in total. The van der Waals surface area contributed by atoms with E-state index in [0.717, 1.165) is 31.3 Å². The van der Waals surface area contributed by atoms with E-state index in [9.17, 15) is 9.90 Å². The minimum atomic E-state index is -0.641. The molecule has 1 aliphatic carbocycles. The van der Waals surface area contributed by atoms with Crippen molar-refractivity contribution in [3.05, 3.63) is 0 Å². The Morgan fingerprint density at radius 3 is 2.63 bits per heavy atom. The van der Waals surface area contributed by atoms with Gasteiger partial charge in [-0.05, 0) is 57.9 Å². The highest BCUT2D eigenvalue weighted by Gasteiger charge is 2.41. The fraction of sp³-hybridized carbons (Fsp3) is 0.938. The molecule has 1 aliphatic heterocycles. The summed E-state index contributed by atoms with van der Waals surface area (Å²) in [5.74, 6) is 0.501. The second-order valence-corrected chi connectivity index (χ2v) is 7.03. The third-order valence-corrected chi connectivity index (χ3v) is 5.64. The Morgan fingerprint density at radius 2 is 2.00 bits per heavy atom. The molecule has 0 bridgehead atoms. The third kappa shape index (κ3) is 2.96. The zero-order valence-electron chi connectivity index (χ0n) is 12.7. The van der Waals surface area contributed by atoms with Crippen LogP contribution in [0.25, 0.3) is 0 Å². The van der Waals surface area contributed by atoms with E-state index < -0.39 is 11.4 Å². The number of likely N-dealkylation sites (tertiary alicyclic amines) is 1. The van der Waals surface area contributed by atoms with E-state index in [1.54, 1.807) is 0 Å². The topological polar surface area (TPSA) is 40.5 Å². The first-order valence-corrected chi connectivity index (χ1v) is 7.94. The zero-order chi connectivity index (χ0) is 14.0. The lowest BCUT2D eigenvalue weighted by molar-refractivity contribution is -0.151. The number of nitrogens with zero attached hydrogens (tertiary/aromatic N) is 1. The second-order valence-electron chi connectivity index (χ2n) is 7.03. The number of carbonyl (C=O) groups is 1. The van der Waals surface area contributed by atoms with E-state index >= 15 is 0 Å². The van der Waals surface area contributed by atoms with Crippen molar-refractivity contribution >= 4 is 5.97 Å². The molecule has 1 saturated carbocycles. The summed E-state index contributed by atoms with van der Waals surface area (Å²) < 4.78 is 0. The summed E-state index contributed by atoms with van der Waals surface area (Å²) >= 11 is 0. The maximum atomic E-state index is 11.5. The summed E-state index contributed by atoms with van der Waals surface area (Å²) in [5, 5.41) is 9.42. The van der Waals surface area contributed by atoms with Gasteiger partial charge in [-0.25, -0.2) is 0 Å². The molecule has 0 spiro atoms. The van der Waals surface area contributed by atoms with Crippen molar-refractivity contribution < 1.29 is 9.90 Å². The molecular weight excluding hydrogens is 238 g/mol. The number of aliphatic carboxylic acids is 1. The monoisotopic (exact) mass is 267 g/mol. The number of carboxylic acid groups (broad SMARTS) is 1. The van der Waals surface area contributed by atoms with Crippen molar-refractivity contribution in [2.45, 2.75) is 65.3 Å². The molecule has 19 heavy (non-hydrogen) atoms. The largest absolute Gasteiger partial charge is 0.481 e. The summed E-state index contributed by atoms with van der Waals surface area (Å²) in [6, 6.07) is 0.720. The van der Waals surface area contributed by atoms with Gasteiger partial charge in [-0.3, -0.25) is 9.69 Å². The number of carboxylic acids is 1. The Kier molecular flexibility index (Phi) is 4.54. The maximum absolute atomic E-state index is 11.5. The van der Waals surface area contributed by atoms with Crippen molar-refractivity contribution in [2.75, 3.05) is 13.1 Å². The lowest BCUT2D eigenvalue weighted by Gasteiger charge is -2.43.